The van der Waals surface area contributed by atoms with Crippen LogP contribution >= 0.6 is 0 Å². The Morgan fingerprint density at radius 3 is 2.53 bits per heavy atom. The molecule has 0 aliphatic heterocycles. The molecule has 0 bridgehead atoms. The highest BCUT2D eigenvalue weighted by Gasteiger charge is 2.28. The molecule has 2 unspecified atom stereocenters. The zero-order valence-electron chi connectivity index (χ0n) is 11.9. The molecule has 2 rings (SSSR count). The summed E-state index contributed by atoms with van der Waals surface area (Å²) in [5.74, 6) is 0.0990. The number of nitrogens with two attached hydrogens (primary N) is 1. The first kappa shape index (κ1) is 14.1. The van der Waals surface area contributed by atoms with E-state index in [1.807, 2.05) is 6.92 Å². The number of hydrogen-bond acceptors (Lipinski definition) is 2. The van der Waals surface area contributed by atoms with E-state index in [1.54, 1.807) is 0 Å². The van der Waals surface area contributed by atoms with Gasteiger partial charge in [0.1, 0.15) is 0 Å². The maximum absolute atomic E-state index is 12.3. The minimum absolute atomic E-state index is 0.0124. The van der Waals surface area contributed by atoms with E-state index < -0.39 is 0 Å². The van der Waals surface area contributed by atoms with E-state index in [4.69, 9.17) is 5.73 Å². The SMILES string of the molecule is Cc1ccc([C@@H](C)NC(=O)C2CCCCC2N)cc1. The number of carbonyl (C=O) groups is 1. The molecule has 1 aromatic rings. The number of hydrogen-bond donors (Lipinski definition) is 2. The molecule has 1 aliphatic rings. The Morgan fingerprint density at radius 1 is 1.26 bits per heavy atom. The van der Waals surface area contributed by atoms with Crippen molar-refractivity contribution >= 4 is 5.91 Å². The first-order valence-corrected chi connectivity index (χ1v) is 7.20. The van der Waals surface area contributed by atoms with Crippen LogP contribution in [0.2, 0.25) is 0 Å². The van der Waals surface area contributed by atoms with Crippen LogP contribution in [0.5, 0.6) is 0 Å². The van der Waals surface area contributed by atoms with Crippen molar-refractivity contribution in [2.45, 2.75) is 51.6 Å². The summed E-state index contributed by atoms with van der Waals surface area (Å²) in [4.78, 5) is 12.3. The van der Waals surface area contributed by atoms with Gasteiger partial charge in [0.2, 0.25) is 5.91 Å². The van der Waals surface area contributed by atoms with E-state index in [0.29, 0.717) is 0 Å². The Kier molecular flexibility index (Phi) is 4.59. The molecule has 1 saturated carbocycles. The van der Waals surface area contributed by atoms with Gasteiger partial charge in [-0.15, -0.1) is 0 Å². The molecule has 3 N–H and O–H groups in total. The fraction of sp³-hybridized carbons (Fsp3) is 0.562. The predicted octanol–water partition coefficient (Wildman–Crippen LogP) is 2.69. The number of aryl methyl sites for hydroxylation is 1. The lowest BCUT2D eigenvalue weighted by molar-refractivity contribution is -0.127. The molecule has 104 valence electrons. The maximum Gasteiger partial charge on any atom is 0.225 e. The van der Waals surface area contributed by atoms with Crippen molar-refractivity contribution in [2.75, 3.05) is 0 Å². The largest absolute Gasteiger partial charge is 0.349 e. The summed E-state index contributed by atoms with van der Waals surface area (Å²) in [5, 5.41) is 3.10. The van der Waals surface area contributed by atoms with Gasteiger partial charge < -0.3 is 11.1 Å². The number of amides is 1. The van der Waals surface area contributed by atoms with Gasteiger partial charge in [0.25, 0.3) is 0 Å². The highest BCUT2D eigenvalue weighted by molar-refractivity contribution is 5.79. The summed E-state index contributed by atoms with van der Waals surface area (Å²) in [6.07, 6.45) is 4.16. The summed E-state index contributed by atoms with van der Waals surface area (Å²) in [7, 11) is 0. The number of benzene rings is 1. The van der Waals surface area contributed by atoms with Crippen molar-refractivity contribution in [2.24, 2.45) is 11.7 Å². The van der Waals surface area contributed by atoms with Gasteiger partial charge >= 0.3 is 0 Å². The summed E-state index contributed by atoms with van der Waals surface area (Å²) < 4.78 is 0. The van der Waals surface area contributed by atoms with Gasteiger partial charge in [0.15, 0.2) is 0 Å². The van der Waals surface area contributed by atoms with Gasteiger partial charge in [-0.2, -0.15) is 0 Å². The Bertz CT molecular complexity index is 427. The fourth-order valence-corrected chi connectivity index (χ4v) is 2.74. The normalized spacial score (nSPS) is 24.8. The lowest BCUT2D eigenvalue weighted by Crippen LogP contribution is -2.44. The van der Waals surface area contributed by atoms with Crippen molar-refractivity contribution in [3.63, 3.8) is 0 Å². The number of carbonyl (C=O) groups excluding carboxylic acids is 1. The maximum atomic E-state index is 12.3. The molecule has 0 radical (unpaired) electrons. The molecule has 1 fully saturated rings. The van der Waals surface area contributed by atoms with E-state index >= 15 is 0 Å². The van der Waals surface area contributed by atoms with Crippen molar-refractivity contribution in [3.8, 4) is 0 Å². The lowest BCUT2D eigenvalue weighted by Gasteiger charge is -2.28. The van der Waals surface area contributed by atoms with E-state index in [1.165, 1.54) is 5.56 Å². The quantitative estimate of drug-likeness (QED) is 0.878. The van der Waals surface area contributed by atoms with Gasteiger partial charge in [-0.3, -0.25) is 4.79 Å². The summed E-state index contributed by atoms with van der Waals surface area (Å²) >= 11 is 0. The van der Waals surface area contributed by atoms with Crippen LogP contribution in [0, 0.1) is 12.8 Å². The highest BCUT2D eigenvalue weighted by atomic mass is 16.2. The molecule has 3 atom stereocenters. The van der Waals surface area contributed by atoms with E-state index in [0.717, 1.165) is 31.2 Å². The summed E-state index contributed by atoms with van der Waals surface area (Å²) in [6, 6.07) is 8.36. The molecular weight excluding hydrogens is 236 g/mol. The molecule has 1 amide bonds. The smallest absolute Gasteiger partial charge is 0.225 e. The third-order valence-corrected chi connectivity index (χ3v) is 4.09. The number of nitrogens with one attached hydrogen (secondary N) is 1. The Balaban J connectivity index is 1.96. The fourth-order valence-electron chi connectivity index (χ4n) is 2.74. The summed E-state index contributed by atoms with van der Waals surface area (Å²) in [5.41, 5.74) is 8.43. The van der Waals surface area contributed by atoms with Crippen molar-refractivity contribution < 1.29 is 4.79 Å². The molecule has 0 heterocycles. The zero-order chi connectivity index (χ0) is 13.8. The van der Waals surface area contributed by atoms with Gasteiger partial charge in [-0.1, -0.05) is 42.7 Å². The van der Waals surface area contributed by atoms with Crippen LogP contribution in [0.3, 0.4) is 0 Å². The first-order valence-electron chi connectivity index (χ1n) is 7.20. The van der Waals surface area contributed by atoms with E-state index in [2.05, 4.69) is 36.5 Å². The molecule has 1 aliphatic carbocycles. The standard InChI is InChI=1S/C16H24N2O/c1-11-7-9-13(10-8-11)12(2)18-16(19)14-5-3-4-6-15(14)17/h7-10,12,14-15H,3-6,17H2,1-2H3,(H,18,19)/t12-,14?,15?/m1/s1. The van der Waals surface area contributed by atoms with Gasteiger partial charge in [-0.05, 0) is 32.3 Å². The Morgan fingerprint density at radius 2 is 1.89 bits per heavy atom. The van der Waals surface area contributed by atoms with Crippen LogP contribution in [-0.4, -0.2) is 11.9 Å². The van der Waals surface area contributed by atoms with Crippen LogP contribution in [0.15, 0.2) is 24.3 Å². The highest BCUT2D eigenvalue weighted by Crippen LogP contribution is 2.24. The van der Waals surface area contributed by atoms with Crippen LogP contribution < -0.4 is 11.1 Å². The minimum Gasteiger partial charge on any atom is -0.349 e. The van der Waals surface area contributed by atoms with E-state index in [9.17, 15) is 4.79 Å². The molecule has 3 heteroatoms. The second-order valence-corrected chi connectivity index (χ2v) is 5.70. The molecule has 0 spiro atoms. The second-order valence-electron chi connectivity index (χ2n) is 5.70. The van der Waals surface area contributed by atoms with Gasteiger partial charge in [0, 0.05) is 6.04 Å². The zero-order valence-corrected chi connectivity index (χ0v) is 11.9. The third kappa shape index (κ3) is 3.57. The van der Waals surface area contributed by atoms with Crippen LogP contribution in [0.4, 0.5) is 0 Å². The van der Waals surface area contributed by atoms with Crippen LogP contribution in [-0.2, 0) is 4.79 Å². The number of rotatable bonds is 3. The Labute approximate surface area is 115 Å². The van der Waals surface area contributed by atoms with Gasteiger partial charge in [0.05, 0.1) is 12.0 Å². The third-order valence-electron chi connectivity index (χ3n) is 4.09. The molecule has 3 nitrogen and oxygen atoms in total. The Hall–Kier alpha value is -1.35. The molecule has 19 heavy (non-hydrogen) atoms. The monoisotopic (exact) mass is 260 g/mol. The molecule has 0 aromatic heterocycles. The van der Waals surface area contributed by atoms with Crippen molar-refractivity contribution in [1.29, 1.82) is 0 Å². The van der Waals surface area contributed by atoms with Crippen LogP contribution in [0.25, 0.3) is 0 Å². The van der Waals surface area contributed by atoms with Crippen LogP contribution in [0.1, 0.15) is 49.8 Å². The van der Waals surface area contributed by atoms with Crippen molar-refractivity contribution in [3.05, 3.63) is 35.4 Å². The van der Waals surface area contributed by atoms with E-state index in [-0.39, 0.29) is 23.9 Å². The molecule has 1 aromatic carbocycles. The summed E-state index contributed by atoms with van der Waals surface area (Å²) in [6.45, 7) is 4.09. The second kappa shape index (κ2) is 6.20. The minimum atomic E-state index is -0.0124. The molecule has 0 saturated heterocycles. The molecular formula is C16H24N2O. The lowest BCUT2D eigenvalue weighted by atomic mass is 9.84. The average molecular weight is 260 g/mol. The topological polar surface area (TPSA) is 55.1 Å². The first-order chi connectivity index (χ1) is 9.08. The van der Waals surface area contributed by atoms with Gasteiger partial charge in [-0.25, -0.2) is 0 Å². The average Bonchev–Trinajstić information content (AvgIpc) is 2.39. The van der Waals surface area contributed by atoms with Crippen molar-refractivity contribution in [1.82, 2.24) is 5.32 Å². The predicted molar refractivity (Wildman–Crippen MR) is 77.7 cm³/mol.